The first kappa shape index (κ1) is 46.9. The fourth-order valence-electron chi connectivity index (χ4n) is 8.17. The highest BCUT2D eigenvalue weighted by Crippen LogP contribution is 2.32. The molecule has 3 aliphatic heterocycles. The minimum Gasteiger partial charge on any atom is -0.573 e. The van der Waals surface area contributed by atoms with Crippen molar-refractivity contribution in [1.82, 2.24) is 24.5 Å². The smallest absolute Gasteiger partial charge is 0.262 e. The number of H-pyrrole nitrogens is 1. The van der Waals surface area contributed by atoms with E-state index in [4.69, 9.17) is 23.7 Å². The van der Waals surface area contributed by atoms with E-state index in [-0.39, 0.29) is 23.5 Å². The fraction of sp³-hybridized carbons (Fsp3) is 0.340. The molecule has 3 N–H and O–H groups in total. The van der Waals surface area contributed by atoms with E-state index < -0.39 is 35.3 Å². The molecule has 3 amide bonds. The second-order valence-electron chi connectivity index (χ2n) is 16.4. The number of aromatic nitrogens is 2. The molecule has 8 rings (SSSR count). The number of nitrogens with one attached hydrogen (secondary N) is 3. The molecule has 2 aromatic heterocycles. The first-order valence-corrected chi connectivity index (χ1v) is 23.6. The lowest BCUT2D eigenvalue weighted by Gasteiger charge is -2.29. The van der Waals surface area contributed by atoms with Crippen molar-refractivity contribution in [2.75, 3.05) is 70.7 Å². The number of imide groups is 1. The molecular formula is C47H52BN6O10PS. The van der Waals surface area contributed by atoms with Gasteiger partial charge in [0.2, 0.25) is 5.91 Å². The van der Waals surface area contributed by atoms with Crippen molar-refractivity contribution in [3.8, 4) is 22.6 Å². The third-order valence-electron chi connectivity index (χ3n) is 11.8. The molecule has 5 heterocycles. The van der Waals surface area contributed by atoms with Gasteiger partial charge in [-0.2, -0.15) is 4.72 Å². The van der Waals surface area contributed by atoms with Gasteiger partial charge in [0.1, 0.15) is 44.2 Å². The number of carbonyl (C=O) groups excluding carboxylic acids is 4. The Balaban J connectivity index is 0.716. The molecule has 0 bridgehead atoms. The van der Waals surface area contributed by atoms with Crippen molar-refractivity contribution in [2.45, 2.75) is 32.2 Å². The van der Waals surface area contributed by atoms with Gasteiger partial charge in [0.05, 0.1) is 56.5 Å². The van der Waals surface area contributed by atoms with Gasteiger partial charge >= 0.3 is 0 Å². The topological polar surface area (TPSA) is 197 Å². The molecule has 2 fully saturated rings. The van der Waals surface area contributed by atoms with E-state index in [1.807, 2.05) is 54.6 Å². The van der Waals surface area contributed by atoms with Crippen LogP contribution in [0.15, 0.2) is 85.3 Å². The number of benzene rings is 3. The third-order valence-corrected chi connectivity index (χ3v) is 13.4. The maximum atomic E-state index is 14.1. The van der Waals surface area contributed by atoms with Gasteiger partial charge in [0, 0.05) is 53.3 Å². The van der Waals surface area contributed by atoms with Crippen LogP contribution in [-0.2, 0) is 30.6 Å². The lowest BCUT2D eigenvalue weighted by atomic mass is 9.85. The number of allylic oxidation sites excluding steroid dienone is 1. The Hall–Kier alpha value is -5.59. The van der Waals surface area contributed by atoms with Crippen molar-refractivity contribution >= 4 is 79.6 Å². The lowest BCUT2D eigenvalue weighted by Crippen LogP contribution is -2.51. The quantitative estimate of drug-likeness (QED) is 0.0242. The lowest BCUT2D eigenvalue weighted by molar-refractivity contribution is -0.125. The summed E-state index contributed by atoms with van der Waals surface area (Å²) in [6.07, 6.45) is 5.30. The van der Waals surface area contributed by atoms with Crippen molar-refractivity contribution < 1.29 is 47.4 Å². The van der Waals surface area contributed by atoms with Crippen LogP contribution in [0, 0.1) is 5.92 Å². The summed E-state index contributed by atoms with van der Waals surface area (Å²) in [7, 11) is 4.53. The molecule has 3 aliphatic rings. The normalized spacial score (nSPS) is 17.9. The molecule has 19 heteroatoms. The number of carbonyl (C=O) groups is 4. The number of pyridine rings is 1. The average Bonchev–Trinajstić information content (AvgIpc) is 4.01. The van der Waals surface area contributed by atoms with Crippen LogP contribution in [-0.4, -0.2) is 127 Å². The van der Waals surface area contributed by atoms with E-state index in [1.54, 1.807) is 24.5 Å². The van der Waals surface area contributed by atoms with Gasteiger partial charge in [0.25, 0.3) is 11.8 Å². The Morgan fingerprint density at radius 3 is 2.24 bits per heavy atom. The number of nitrogens with zero attached hydrogens (tertiary/aromatic N) is 3. The largest absolute Gasteiger partial charge is 0.573 e. The number of ether oxygens (including phenoxy) is 5. The summed E-state index contributed by atoms with van der Waals surface area (Å²) < 4.78 is 46.6. The highest BCUT2D eigenvalue weighted by atomic mass is 32.2. The van der Waals surface area contributed by atoms with Gasteiger partial charge in [-0.25, -0.2) is 4.98 Å². The zero-order valence-corrected chi connectivity index (χ0v) is 38.9. The molecule has 4 atom stereocenters. The van der Waals surface area contributed by atoms with E-state index in [9.17, 15) is 23.7 Å². The maximum Gasteiger partial charge on any atom is 0.262 e. The Labute approximate surface area is 389 Å². The molecule has 66 heavy (non-hydrogen) atoms. The summed E-state index contributed by atoms with van der Waals surface area (Å²) >= 11 is -1.40. The van der Waals surface area contributed by atoms with Gasteiger partial charge in [-0.15, -0.1) is 13.5 Å². The second kappa shape index (κ2) is 21.4. The molecule has 344 valence electrons. The van der Waals surface area contributed by atoms with Crippen molar-refractivity contribution in [3.63, 3.8) is 0 Å². The summed E-state index contributed by atoms with van der Waals surface area (Å²) in [4.78, 5) is 61.4. The molecule has 4 unspecified atom stereocenters. The molecule has 3 aromatic carbocycles. The Kier molecular flexibility index (Phi) is 15.2. The van der Waals surface area contributed by atoms with E-state index in [2.05, 4.69) is 42.7 Å². The number of anilines is 1. The molecule has 5 aromatic rings. The third kappa shape index (κ3) is 10.7. The highest BCUT2D eigenvalue weighted by Gasteiger charge is 2.44. The predicted octanol–water partition coefficient (Wildman–Crippen LogP) is 3.45. The van der Waals surface area contributed by atoms with Gasteiger partial charge in [0.15, 0.2) is 17.3 Å². The summed E-state index contributed by atoms with van der Waals surface area (Å²) in [6.45, 7) is 10.2. The zero-order chi connectivity index (χ0) is 46.3. The van der Waals surface area contributed by atoms with Crippen molar-refractivity contribution in [2.24, 2.45) is 5.92 Å². The number of hydrogen-bond donors (Lipinski definition) is 3. The molecule has 0 saturated carbocycles. The fourth-order valence-corrected chi connectivity index (χ4v) is 9.82. The van der Waals surface area contributed by atoms with Crippen LogP contribution in [0.3, 0.4) is 0 Å². The van der Waals surface area contributed by atoms with Crippen LogP contribution in [0.1, 0.15) is 62.8 Å². The van der Waals surface area contributed by atoms with E-state index in [0.717, 1.165) is 46.3 Å². The number of amides is 3. The number of fused-ring (bicyclic) bond motifs is 2. The number of aromatic amines is 1. The Morgan fingerprint density at radius 1 is 0.894 bits per heavy atom. The molecule has 0 radical (unpaired) electrons. The number of rotatable bonds is 21. The maximum absolute atomic E-state index is 14.1. The van der Waals surface area contributed by atoms with Crippen LogP contribution >= 0.6 is 9.24 Å². The highest BCUT2D eigenvalue weighted by molar-refractivity contribution is 7.90. The number of hydrogen-bond acceptors (Lipinski definition) is 13. The first-order chi connectivity index (χ1) is 32.0. The number of ketones is 1. The van der Waals surface area contributed by atoms with Crippen LogP contribution in [0.2, 0.25) is 0 Å². The average molecular weight is 935 g/mol. The Morgan fingerprint density at radius 2 is 1.56 bits per heavy atom. The molecule has 2 saturated heterocycles. The summed E-state index contributed by atoms with van der Waals surface area (Å²) in [5, 5.41) is 4.09. The van der Waals surface area contributed by atoms with Crippen molar-refractivity contribution in [1.29, 1.82) is 0 Å². The molecule has 0 aliphatic carbocycles. The summed E-state index contributed by atoms with van der Waals surface area (Å²) in [5.41, 5.74) is 5.82. The number of piperidine rings is 1. The summed E-state index contributed by atoms with van der Waals surface area (Å²) in [5.74, 6) is 0.0355. The minimum absolute atomic E-state index is 0.151. The van der Waals surface area contributed by atoms with Crippen LogP contribution in [0.25, 0.3) is 22.2 Å². The van der Waals surface area contributed by atoms with Gasteiger partial charge < -0.3 is 38.5 Å². The standard InChI is InChI=1S/C47H52BN6O10PS/c1-28-13-14-53(27-28)66(59)52-38-10-12-40(65)41(42(38)48)43(55)37-26-50-44-35(37)23-31(25-49-44)30-4-6-32(7-5-30)63-21-19-61-17-15-60-16-18-62-20-22-64-33-8-9-34-36(24-33)47(58)54(46(34)57)39-11-3-29(2)51-45(39)56/h4-10,12,23-26,28,39,52H,2-3,11,13-22,27,48,65H2,1H3,(H,49,50)(H,51,56). The van der Waals surface area contributed by atoms with E-state index >= 15 is 0 Å². The SMILES string of the molecule is Bc1c(N[S+]([O-])N2CCC(C)C2)ccc(P)c1C(=O)c1c[nH]c2ncc(-c3ccc(OCCOCCOCCOCCOc4ccc5c(c4)C(=O)N(C4CCC(=C)NC4=O)C5=O)cc3)cc12. The monoisotopic (exact) mass is 934 g/mol. The molecule has 16 nitrogen and oxygen atoms in total. The van der Waals surface area contributed by atoms with Crippen LogP contribution in [0.5, 0.6) is 11.5 Å². The Bertz CT molecular complexity index is 2630. The van der Waals surface area contributed by atoms with Gasteiger partial charge in [-0.05, 0) is 78.5 Å². The van der Waals surface area contributed by atoms with E-state index in [0.29, 0.717) is 110 Å². The predicted molar refractivity (Wildman–Crippen MR) is 257 cm³/mol. The minimum atomic E-state index is -1.40. The molecule has 0 spiro atoms. The zero-order valence-electron chi connectivity index (χ0n) is 36.9. The second-order valence-corrected chi connectivity index (χ2v) is 18.2. The van der Waals surface area contributed by atoms with Crippen LogP contribution < -0.4 is 30.3 Å². The van der Waals surface area contributed by atoms with E-state index in [1.165, 1.54) is 6.07 Å². The van der Waals surface area contributed by atoms with Crippen molar-refractivity contribution in [3.05, 3.63) is 108 Å². The van der Waals surface area contributed by atoms with Gasteiger partial charge in [-0.1, -0.05) is 37.2 Å². The summed E-state index contributed by atoms with van der Waals surface area (Å²) in [6, 6.07) is 17.2. The molecular weight excluding hydrogens is 882 g/mol. The van der Waals surface area contributed by atoms with Crippen LogP contribution in [0.4, 0.5) is 5.69 Å². The van der Waals surface area contributed by atoms with Gasteiger partial charge in [-0.3, -0.25) is 24.1 Å². The first-order valence-electron chi connectivity index (χ1n) is 21.9.